The summed E-state index contributed by atoms with van der Waals surface area (Å²) in [5, 5.41) is 5.77. The minimum absolute atomic E-state index is 0.0596. The number of hydrogen-bond donors (Lipinski definition) is 2. The van der Waals surface area contributed by atoms with E-state index in [2.05, 4.69) is 22.8 Å². The normalized spacial score (nSPS) is 13.7. The molecular weight excluding hydrogens is 284 g/mol. The van der Waals surface area contributed by atoms with Crippen LogP contribution < -0.4 is 10.6 Å². The first kappa shape index (κ1) is 15.9. The van der Waals surface area contributed by atoms with E-state index in [0.29, 0.717) is 25.9 Å². The first-order valence-corrected chi connectivity index (χ1v) is 8.46. The first-order valence-electron chi connectivity index (χ1n) is 7.48. The largest absolute Gasteiger partial charge is 0.356 e. The van der Waals surface area contributed by atoms with Gasteiger partial charge in [-0.15, -0.1) is 11.8 Å². The molecule has 0 radical (unpaired) electrons. The van der Waals surface area contributed by atoms with Gasteiger partial charge in [0.05, 0.1) is 0 Å². The fraction of sp³-hybridized carbons (Fsp3) is 0.500. The van der Waals surface area contributed by atoms with Crippen molar-refractivity contribution in [3.05, 3.63) is 30.3 Å². The zero-order chi connectivity index (χ0) is 14.9. The van der Waals surface area contributed by atoms with Crippen LogP contribution >= 0.6 is 11.8 Å². The van der Waals surface area contributed by atoms with Gasteiger partial charge in [-0.2, -0.15) is 0 Å². The van der Waals surface area contributed by atoms with Gasteiger partial charge in [-0.3, -0.25) is 9.59 Å². The minimum Gasteiger partial charge on any atom is -0.356 e. The van der Waals surface area contributed by atoms with E-state index >= 15 is 0 Å². The maximum absolute atomic E-state index is 11.6. The molecule has 114 valence electrons. The SMILES string of the molecule is O=C(CCCNC(=O)C1CC1)NCCSc1ccccc1. The molecule has 1 aromatic carbocycles. The average Bonchev–Trinajstić information content (AvgIpc) is 3.34. The third-order valence-electron chi connectivity index (χ3n) is 3.26. The summed E-state index contributed by atoms with van der Waals surface area (Å²) in [4.78, 5) is 24.2. The zero-order valence-corrected chi connectivity index (χ0v) is 13.0. The molecule has 0 atom stereocenters. The number of hydrogen-bond acceptors (Lipinski definition) is 3. The van der Waals surface area contributed by atoms with Gasteiger partial charge in [-0.05, 0) is 31.4 Å². The molecule has 1 aromatic rings. The highest BCUT2D eigenvalue weighted by Crippen LogP contribution is 2.28. The Morgan fingerprint density at radius 1 is 1.10 bits per heavy atom. The number of carbonyl (C=O) groups is 2. The lowest BCUT2D eigenvalue weighted by Crippen LogP contribution is -2.29. The molecular formula is C16H22N2O2S. The van der Waals surface area contributed by atoms with Gasteiger partial charge < -0.3 is 10.6 Å². The third-order valence-corrected chi connectivity index (χ3v) is 4.28. The van der Waals surface area contributed by atoms with Crippen LogP contribution in [0.2, 0.25) is 0 Å². The Bertz CT molecular complexity index is 461. The highest BCUT2D eigenvalue weighted by Gasteiger charge is 2.28. The molecule has 1 saturated carbocycles. The molecule has 0 bridgehead atoms. The van der Waals surface area contributed by atoms with Crippen molar-refractivity contribution in [3.63, 3.8) is 0 Å². The summed E-state index contributed by atoms with van der Waals surface area (Å²) in [5.41, 5.74) is 0. The van der Waals surface area contributed by atoms with Crippen molar-refractivity contribution < 1.29 is 9.59 Å². The Labute approximate surface area is 130 Å². The van der Waals surface area contributed by atoms with E-state index in [0.717, 1.165) is 18.6 Å². The molecule has 0 unspecified atom stereocenters. The van der Waals surface area contributed by atoms with Crippen LogP contribution in [0.1, 0.15) is 25.7 Å². The number of thioether (sulfide) groups is 1. The molecule has 0 saturated heterocycles. The molecule has 0 heterocycles. The molecule has 0 aromatic heterocycles. The van der Waals surface area contributed by atoms with Gasteiger partial charge in [0.25, 0.3) is 0 Å². The molecule has 1 aliphatic carbocycles. The molecule has 0 spiro atoms. The van der Waals surface area contributed by atoms with Crippen molar-refractivity contribution in [2.24, 2.45) is 5.92 Å². The van der Waals surface area contributed by atoms with Gasteiger partial charge in [-0.25, -0.2) is 0 Å². The van der Waals surface area contributed by atoms with Crippen LogP contribution in [0.25, 0.3) is 0 Å². The summed E-state index contributed by atoms with van der Waals surface area (Å²) in [5.74, 6) is 1.32. The molecule has 5 heteroatoms. The maximum atomic E-state index is 11.6. The van der Waals surface area contributed by atoms with E-state index < -0.39 is 0 Å². The van der Waals surface area contributed by atoms with Crippen molar-refractivity contribution in [3.8, 4) is 0 Å². The van der Waals surface area contributed by atoms with Crippen LogP contribution in [0.5, 0.6) is 0 Å². The summed E-state index contributed by atoms with van der Waals surface area (Å²) < 4.78 is 0. The number of rotatable bonds is 9. The van der Waals surface area contributed by atoms with Crippen LogP contribution in [-0.4, -0.2) is 30.7 Å². The lowest BCUT2D eigenvalue weighted by atomic mass is 10.3. The fourth-order valence-corrected chi connectivity index (χ4v) is 2.70. The highest BCUT2D eigenvalue weighted by atomic mass is 32.2. The zero-order valence-electron chi connectivity index (χ0n) is 12.1. The van der Waals surface area contributed by atoms with Gasteiger partial charge in [0, 0.05) is 36.1 Å². The Balaban J connectivity index is 1.45. The standard InChI is InChI=1S/C16H22N2O2S/c19-15(7-4-10-18-16(20)13-8-9-13)17-11-12-21-14-5-2-1-3-6-14/h1-3,5-6,13H,4,7-12H2,(H,17,19)(H,18,20). The van der Waals surface area contributed by atoms with Gasteiger partial charge in [0.1, 0.15) is 0 Å². The average molecular weight is 306 g/mol. The molecule has 1 aliphatic rings. The van der Waals surface area contributed by atoms with E-state index in [4.69, 9.17) is 0 Å². The van der Waals surface area contributed by atoms with E-state index in [1.165, 1.54) is 4.90 Å². The van der Waals surface area contributed by atoms with Crippen LogP contribution in [0.15, 0.2) is 35.2 Å². The van der Waals surface area contributed by atoms with E-state index in [1.54, 1.807) is 11.8 Å². The second-order valence-corrected chi connectivity index (χ2v) is 6.35. The van der Waals surface area contributed by atoms with Gasteiger partial charge in [0.15, 0.2) is 0 Å². The smallest absolute Gasteiger partial charge is 0.223 e. The minimum atomic E-state index is 0.0596. The van der Waals surface area contributed by atoms with Crippen molar-refractivity contribution in [1.29, 1.82) is 0 Å². The molecule has 1 fully saturated rings. The Kier molecular flexibility index (Phi) is 6.60. The summed E-state index contributed by atoms with van der Waals surface area (Å²) in [6.45, 7) is 1.27. The second kappa shape index (κ2) is 8.72. The van der Waals surface area contributed by atoms with Crippen molar-refractivity contribution in [2.45, 2.75) is 30.6 Å². The quantitative estimate of drug-likeness (QED) is 0.543. The topological polar surface area (TPSA) is 58.2 Å². The number of amides is 2. The third kappa shape index (κ3) is 6.67. The fourth-order valence-electron chi connectivity index (χ4n) is 1.91. The van der Waals surface area contributed by atoms with Gasteiger partial charge >= 0.3 is 0 Å². The highest BCUT2D eigenvalue weighted by molar-refractivity contribution is 7.99. The maximum Gasteiger partial charge on any atom is 0.223 e. The monoisotopic (exact) mass is 306 g/mol. The molecule has 21 heavy (non-hydrogen) atoms. The van der Waals surface area contributed by atoms with Crippen LogP contribution in [0.3, 0.4) is 0 Å². The summed E-state index contributed by atoms with van der Waals surface area (Å²) >= 11 is 1.73. The molecule has 4 nitrogen and oxygen atoms in total. The summed E-state index contributed by atoms with van der Waals surface area (Å²) in [7, 11) is 0. The van der Waals surface area contributed by atoms with Gasteiger partial charge in [0.2, 0.25) is 11.8 Å². The van der Waals surface area contributed by atoms with Gasteiger partial charge in [-0.1, -0.05) is 18.2 Å². The molecule has 2 N–H and O–H groups in total. The lowest BCUT2D eigenvalue weighted by molar-refractivity contribution is -0.123. The number of carbonyl (C=O) groups excluding carboxylic acids is 2. The summed E-state index contributed by atoms with van der Waals surface area (Å²) in [6, 6.07) is 10.1. The van der Waals surface area contributed by atoms with Crippen molar-refractivity contribution in [2.75, 3.05) is 18.8 Å². The predicted octanol–water partition coefficient (Wildman–Crippen LogP) is 2.20. The lowest BCUT2D eigenvalue weighted by Gasteiger charge is -2.06. The predicted molar refractivity (Wildman–Crippen MR) is 85.1 cm³/mol. The Hall–Kier alpha value is -1.49. The second-order valence-electron chi connectivity index (χ2n) is 5.18. The van der Waals surface area contributed by atoms with E-state index in [-0.39, 0.29) is 17.7 Å². The van der Waals surface area contributed by atoms with Crippen molar-refractivity contribution >= 4 is 23.6 Å². The van der Waals surface area contributed by atoms with E-state index in [9.17, 15) is 9.59 Å². The molecule has 0 aliphatic heterocycles. The molecule has 2 rings (SSSR count). The van der Waals surface area contributed by atoms with Crippen LogP contribution in [0.4, 0.5) is 0 Å². The molecule has 2 amide bonds. The van der Waals surface area contributed by atoms with Crippen LogP contribution in [-0.2, 0) is 9.59 Å². The first-order chi connectivity index (χ1) is 10.3. The van der Waals surface area contributed by atoms with Crippen molar-refractivity contribution in [1.82, 2.24) is 10.6 Å². The Morgan fingerprint density at radius 2 is 1.86 bits per heavy atom. The van der Waals surface area contributed by atoms with Crippen LogP contribution in [0, 0.1) is 5.92 Å². The summed E-state index contributed by atoms with van der Waals surface area (Å²) in [6.07, 6.45) is 3.22. The Morgan fingerprint density at radius 3 is 2.57 bits per heavy atom. The van der Waals surface area contributed by atoms with E-state index in [1.807, 2.05) is 18.2 Å². The number of benzene rings is 1. The number of nitrogens with one attached hydrogen (secondary N) is 2.